The van der Waals surface area contributed by atoms with Crippen molar-refractivity contribution < 1.29 is 32.0 Å². The Hall–Kier alpha value is -4.35. The lowest BCUT2D eigenvalue weighted by Crippen LogP contribution is -2.42. The molecule has 1 fully saturated rings. The number of aliphatic hydroxyl groups is 1. The molecule has 3 heterocycles. The molecule has 0 saturated carbocycles. The maximum Gasteiger partial charge on any atom is 0.305 e. The van der Waals surface area contributed by atoms with Crippen molar-refractivity contribution >= 4 is 44.7 Å². The topological polar surface area (TPSA) is 176 Å². The second-order valence-corrected chi connectivity index (χ2v) is 13.3. The molecular formula is C28H29F2N7O6S2. The van der Waals surface area contributed by atoms with Crippen LogP contribution in [0.15, 0.2) is 57.4 Å². The highest BCUT2D eigenvalue weighted by Gasteiger charge is 2.29. The largest absolute Gasteiger partial charge is 0.490 e. The van der Waals surface area contributed by atoms with Crippen molar-refractivity contribution in [2.45, 2.75) is 52.9 Å². The van der Waals surface area contributed by atoms with Crippen molar-refractivity contribution in [3.8, 4) is 5.75 Å². The first-order valence-electron chi connectivity index (χ1n) is 13.7. The summed E-state index contributed by atoms with van der Waals surface area (Å²) in [6, 6.07) is 7.97. The number of methoxy groups -OCH3 is 1. The molecule has 0 unspecified atom stereocenters. The number of aromatic nitrogens is 4. The SMILES string of the molecule is COc1c(Nc2cc(C)[nH]n2)nc(Sc2ccc(S(=O)(=O)Cc3cccc([N+](=O)[O-])c3F)cc2F)nc1N1CCCC[C@@H]1CO. The molecule has 238 valence electrons. The van der Waals surface area contributed by atoms with Gasteiger partial charge in [0.15, 0.2) is 32.4 Å². The van der Waals surface area contributed by atoms with Gasteiger partial charge in [0.25, 0.3) is 0 Å². The van der Waals surface area contributed by atoms with Crippen LogP contribution >= 0.6 is 11.8 Å². The van der Waals surface area contributed by atoms with Crippen molar-refractivity contribution in [3.05, 3.63) is 75.5 Å². The number of nitro benzene ring substituents is 1. The lowest BCUT2D eigenvalue weighted by molar-refractivity contribution is -0.387. The third kappa shape index (κ3) is 6.99. The van der Waals surface area contributed by atoms with Gasteiger partial charge in [-0.05, 0) is 56.1 Å². The molecule has 1 saturated heterocycles. The highest BCUT2D eigenvalue weighted by Crippen LogP contribution is 2.40. The van der Waals surface area contributed by atoms with Crippen LogP contribution in [0, 0.1) is 28.7 Å². The summed E-state index contributed by atoms with van der Waals surface area (Å²) in [6.07, 6.45) is 2.53. The van der Waals surface area contributed by atoms with E-state index in [1.165, 1.54) is 25.3 Å². The second kappa shape index (κ2) is 13.3. The quantitative estimate of drug-likeness (QED) is 0.112. The standard InChI is InChI=1S/C28H29F2N7O6S2/c1-16-12-23(35-34-16)31-26-25(43-2)27(36-11-4-3-7-18(36)14-38)33-28(32-26)44-22-10-9-19(13-20(22)29)45(41,42)15-17-6-5-8-21(24(17)30)37(39)40/h5-6,8-10,12-13,18,38H,3-4,7,11,14-15H2,1-2H3,(H2,31,32,33,34,35)/t18-/m1/s1. The smallest absolute Gasteiger partial charge is 0.305 e. The molecule has 0 aliphatic carbocycles. The molecule has 3 N–H and O–H groups in total. The highest BCUT2D eigenvalue weighted by molar-refractivity contribution is 7.99. The fourth-order valence-corrected chi connectivity index (χ4v) is 7.08. The van der Waals surface area contributed by atoms with Gasteiger partial charge < -0.3 is 20.1 Å². The summed E-state index contributed by atoms with van der Waals surface area (Å²) in [4.78, 5) is 20.8. The van der Waals surface area contributed by atoms with Crippen molar-refractivity contribution in [2.24, 2.45) is 0 Å². The fraction of sp³-hybridized carbons (Fsp3) is 0.321. The average Bonchev–Trinajstić information content (AvgIpc) is 3.42. The Morgan fingerprint density at radius 3 is 2.69 bits per heavy atom. The molecule has 0 amide bonds. The molecular weight excluding hydrogens is 632 g/mol. The number of H-pyrrole nitrogens is 1. The lowest BCUT2D eigenvalue weighted by Gasteiger charge is -2.36. The number of aromatic amines is 1. The van der Waals surface area contributed by atoms with Crippen LogP contribution in [0.25, 0.3) is 0 Å². The maximum absolute atomic E-state index is 15.4. The van der Waals surface area contributed by atoms with Gasteiger partial charge in [0.1, 0.15) is 5.82 Å². The Bertz CT molecular complexity index is 1840. The van der Waals surface area contributed by atoms with E-state index in [2.05, 4.69) is 25.5 Å². The van der Waals surface area contributed by atoms with Crippen molar-refractivity contribution in [2.75, 3.05) is 30.5 Å². The molecule has 1 atom stereocenters. The average molecular weight is 662 g/mol. The molecule has 0 bridgehead atoms. The van der Waals surface area contributed by atoms with Crippen LogP contribution in [0.1, 0.15) is 30.5 Å². The minimum absolute atomic E-state index is 0.00510. The first kappa shape index (κ1) is 32.1. The number of piperidine rings is 1. The Morgan fingerprint density at radius 2 is 2.02 bits per heavy atom. The van der Waals surface area contributed by atoms with Gasteiger partial charge in [-0.3, -0.25) is 15.2 Å². The zero-order chi connectivity index (χ0) is 32.3. The third-order valence-corrected chi connectivity index (χ3v) is 9.74. The number of hydrogen-bond donors (Lipinski definition) is 3. The Morgan fingerprint density at radius 1 is 1.22 bits per heavy atom. The fourth-order valence-electron chi connectivity index (χ4n) is 4.97. The first-order valence-corrected chi connectivity index (χ1v) is 16.2. The van der Waals surface area contributed by atoms with Gasteiger partial charge in [-0.15, -0.1) is 0 Å². The van der Waals surface area contributed by atoms with E-state index in [9.17, 15) is 28.0 Å². The van der Waals surface area contributed by atoms with E-state index in [1.54, 1.807) is 6.07 Å². The summed E-state index contributed by atoms with van der Waals surface area (Å²) in [6.45, 7) is 2.31. The lowest BCUT2D eigenvalue weighted by atomic mass is 10.0. The molecule has 13 nitrogen and oxygen atoms in total. The summed E-state index contributed by atoms with van der Waals surface area (Å²) in [5.41, 5.74) is -0.471. The van der Waals surface area contributed by atoms with Gasteiger partial charge in [-0.25, -0.2) is 22.8 Å². The van der Waals surface area contributed by atoms with Crippen molar-refractivity contribution in [3.63, 3.8) is 0 Å². The molecule has 2 aromatic heterocycles. The molecule has 0 radical (unpaired) electrons. The van der Waals surface area contributed by atoms with Gasteiger partial charge in [-0.2, -0.15) is 9.49 Å². The van der Waals surface area contributed by atoms with Gasteiger partial charge in [0, 0.05) is 29.9 Å². The van der Waals surface area contributed by atoms with Crippen LogP contribution in [0.4, 0.5) is 31.9 Å². The Kier molecular flexibility index (Phi) is 9.50. The van der Waals surface area contributed by atoms with E-state index in [0.717, 1.165) is 54.9 Å². The minimum Gasteiger partial charge on any atom is -0.490 e. The number of nitro groups is 1. The van der Waals surface area contributed by atoms with Gasteiger partial charge in [-0.1, -0.05) is 12.1 Å². The van der Waals surface area contributed by atoms with E-state index in [1.807, 2.05) is 11.8 Å². The van der Waals surface area contributed by atoms with Crippen LogP contribution in [0.2, 0.25) is 0 Å². The number of hydrogen-bond acceptors (Lipinski definition) is 12. The minimum atomic E-state index is -4.28. The van der Waals surface area contributed by atoms with Crippen molar-refractivity contribution in [1.29, 1.82) is 0 Å². The van der Waals surface area contributed by atoms with Crippen LogP contribution in [-0.4, -0.2) is 64.9 Å². The summed E-state index contributed by atoms with van der Waals surface area (Å²) in [5.74, 6) is -1.68. The monoisotopic (exact) mass is 661 g/mol. The number of rotatable bonds is 11. The second-order valence-electron chi connectivity index (χ2n) is 10.3. The molecule has 5 rings (SSSR count). The number of halogens is 2. The van der Waals surface area contributed by atoms with Crippen LogP contribution < -0.4 is 15.0 Å². The van der Waals surface area contributed by atoms with E-state index in [4.69, 9.17) is 4.74 Å². The zero-order valence-electron chi connectivity index (χ0n) is 24.2. The molecule has 1 aliphatic heterocycles. The first-order chi connectivity index (χ1) is 21.5. The van der Waals surface area contributed by atoms with Gasteiger partial charge >= 0.3 is 5.69 Å². The molecule has 1 aliphatic rings. The van der Waals surface area contributed by atoms with Crippen LogP contribution in [0.5, 0.6) is 5.75 Å². The van der Waals surface area contributed by atoms with Crippen LogP contribution in [-0.2, 0) is 15.6 Å². The Labute approximate surface area is 261 Å². The predicted molar refractivity (Wildman–Crippen MR) is 162 cm³/mol. The number of nitrogens with zero attached hydrogens (tertiary/aromatic N) is 5. The van der Waals surface area contributed by atoms with Gasteiger partial charge in [0.05, 0.1) is 40.2 Å². The number of ether oxygens (including phenoxy) is 1. The molecule has 4 aromatic rings. The molecule has 0 spiro atoms. The summed E-state index contributed by atoms with van der Waals surface area (Å²) in [5, 5.41) is 31.3. The van der Waals surface area contributed by atoms with E-state index in [-0.39, 0.29) is 28.5 Å². The third-order valence-electron chi connectivity index (χ3n) is 7.16. The van der Waals surface area contributed by atoms with Gasteiger partial charge in [0.2, 0.25) is 11.6 Å². The van der Waals surface area contributed by atoms with Crippen LogP contribution in [0.3, 0.4) is 0 Å². The van der Waals surface area contributed by atoms with E-state index < -0.39 is 48.3 Å². The number of anilines is 3. The number of sulfone groups is 1. The molecule has 2 aromatic carbocycles. The Balaban J connectivity index is 1.48. The number of benzene rings is 2. The van der Waals surface area contributed by atoms with E-state index in [0.29, 0.717) is 23.9 Å². The number of aryl methyl sites for hydroxylation is 1. The maximum atomic E-state index is 15.4. The van der Waals surface area contributed by atoms with E-state index >= 15 is 4.39 Å². The van der Waals surface area contributed by atoms with Crippen molar-refractivity contribution in [1.82, 2.24) is 20.2 Å². The number of aliphatic hydroxyl groups excluding tert-OH is 1. The highest BCUT2D eigenvalue weighted by atomic mass is 32.2. The number of nitrogens with one attached hydrogen (secondary N) is 2. The summed E-state index contributed by atoms with van der Waals surface area (Å²) >= 11 is 0.841. The molecule has 17 heteroatoms. The summed E-state index contributed by atoms with van der Waals surface area (Å²) in [7, 11) is -2.81. The zero-order valence-corrected chi connectivity index (χ0v) is 25.8. The predicted octanol–water partition coefficient (Wildman–Crippen LogP) is 4.92. The normalized spacial score (nSPS) is 15.2. The summed E-state index contributed by atoms with van der Waals surface area (Å²) < 4.78 is 61.7. The molecule has 45 heavy (non-hydrogen) atoms.